The second kappa shape index (κ2) is 11.8. The first kappa shape index (κ1) is 29.2. The van der Waals surface area contributed by atoms with Gasteiger partial charge >= 0.3 is 0 Å². The first-order valence-corrected chi connectivity index (χ1v) is 17.0. The lowest BCUT2D eigenvalue weighted by Crippen LogP contribution is -2.43. The van der Waals surface area contributed by atoms with Crippen LogP contribution in [-0.2, 0) is 17.4 Å². The van der Waals surface area contributed by atoms with Crippen molar-refractivity contribution in [3.8, 4) is 0 Å². The third-order valence-electron chi connectivity index (χ3n) is 8.67. The smallest absolute Gasteiger partial charge is 0.253 e. The number of halogens is 1. The number of nitrogens with zero attached hydrogens (tertiary/aromatic N) is 2. The molecule has 0 saturated heterocycles. The fraction of sp³-hybridized carbons (Fsp3) is 0.500. The molecule has 0 spiro atoms. The molecule has 1 saturated carbocycles. The summed E-state index contributed by atoms with van der Waals surface area (Å²) in [5.41, 5.74) is 4.88. The summed E-state index contributed by atoms with van der Waals surface area (Å²) in [6.45, 7) is 13.8. The van der Waals surface area contributed by atoms with Crippen molar-refractivity contribution in [3.05, 3.63) is 88.5 Å². The van der Waals surface area contributed by atoms with Crippen molar-refractivity contribution in [1.29, 1.82) is 0 Å². The minimum absolute atomic E-state index is 0.000323. The summed E-state index contributed by atoms with van der Waals surface area (Å²) in [7, 11) is -0.199. The number of carbonyl (C=O) groups is 1. The van der Waals surface area contributed by atoms with Crippen molar-refractivity contribution < 1.29 is 13.6 Å². The number of aryl methyl sites for hydroxylation is 1. The van der Waals surface area contributed by atoms with E-state index in [2.05, 4.69) is 56.2 Å². The van der Waals surface area contributed by atoms with Gasteiger partial charge in [-0.25, -0.2) is 4.39 Å². The summed E-state index contributed by atoms with van der Waals surface area (Å²) in [6, 6.07) is 17.0. The standard InChI is InChI=1S/C32H44FN3O2Si/c1-22-18-29(35-34-22)21-36(5)31(37)26-11-8-23(9-12-26)19-24-10-13-27(20-24)30(25-14-16-28(33)17-15-25)38-39(6,7)32(2,3)4/h8-9,11-12,14-18,24,27,30H,10,13,19-21H2,1-7H3,(H,34,35)/t24?,27-,30+/m0/s1. The van der Waals surface area contributed by atoms with E-state index in [1.54, 1.807) is 17.0 Å². The van der Waals surface area contributed by atoms with Crippen molar-refractivity contribution in [3.63, 3.8) is 0 Å². The van der Waals surface area contributed by atoms with Gasteiger partial charge in [0.05, 0.1) is 24.0 Å². The van der Waals surface area contributed by atoms with Crippen LogP contribution < -0.4 is 0 Å². The Morgan fingerprint density at radius 1 is 1.13 bits per heavy atom. The van der Waals surface area contributed by atoms with Crippen molar-refractivity contribution >= 4 is 14.2 Å². The lowest BCUT2D eigenvalue weighted by atomic mass is 9.91. The van der Waals surface area contributed by atoms with Crippen molar-refractivity contribution in [2.24, 2.45) is 11.8 Å². The highest BCUT2D eigenvalue weighted by atomic mass is 28.4. The van der Waals surface area contributed by atoms with Crippen LogP contribution in [0.2, 0.25) is 18.1 Å². The quantitative estimate of drug-likeness (QED) is 0.277. The maximum Gasteiger partial charge on any atom is 0.253 e. The third kappa shape index (κ3) is 7.25. The van der Waals surface area contributed by atoms with Gasteiger partial charge in [-0.15, -0.1) is 0 Å². The first-order valence-electron chi connectivity index (χ1n) is 14.1. The number of carbonyl (C=O) groups excluding carboxylic acids is 1. The molecule has 3 atom stereocenters. The molecule has 1 N–H and O–H groups in total. The zero-order chi connectivity index (χ0) is 28.4. The Balaban J connectivity index is 1.40. The van der Waals surface area contributed by atoms with Crippen LogP contribution in [0.5, 0.6) is 0 Å². The van der Waals surface area contributed by atoms with Crippen LogP contribution in [0, 0.1) is 24.6 Å². The summed E-state index contributed by atoms with van der Waals surface area (Å²) >= 11 is 0. The van der Waals surface area contributed by atoms with Crippen molar-refractivity contribution in [2.75, 3.05) is 7.05 Å². The molecule has 1 amide bonds. The van der Waals surface area contributed by atoms with Gasteiger partial charge in [0.2, 0.25) is 0 Å². The molecule has 5 nitrogen and oxygen atoms in total. The fourth-order valence-corrected chi connectivity index (χ4v) is 6.70. The SMILES string of the molecule is Cc1cc(CN(C)C(=O)c2ccc(CC3CC[C@H]([C@H](O[Si](C)(C)C(C)(C)C)c4ccc(F)cc4)C3)cc2)[nH]n1. The summed E-state index contributed by atoms with van der Waals surface area (Å²) in [5.74, 6) is 0.766. The highest BCUT2D eigenvalue weighted by Crippen LogP contribution is 2.47. The number of benzene rings is 2. The van der Waals surface area contributed by atoms with E-state index < -0.39 is 8.32 Å². The van der Waals surface area contributed by atoms with Crippen LogP contribution in [0.3, 0.4) is 0 Å². The molecule has 1 heterocycles. The number of aromatic nitrogens is 2. The minimum atomic E-state index is -2.01. The van der Waals surface area contributed by atoms with Gasteiger partial charge in [-0.1, -0.05) is 45.0 Å². The molecule has 1 aliphatic carbocycles. The molecule has 1 fully saturated rings. The lowest BCUT2D eigenvalue weighted by molar-refractivity contribution is 0.0783. The van der Waals surface area contributed by atoms with Crippen molar-refractivity contribution in [1.82, 2.24) is 15.1 Å². The molecule has 0 radical (unpaired) electrons. The molecule has 39 heavy (non-hydrogen) atoms. The summed E-state index contributed by atoms with van der Waals surface area (Å²) in [5, 5.41) is 7.22. The van der Waals surface area contributed by atoms with E-state index in [4.69, 9.17) is 4.43 Å². The Kier molecular flexibility index (Phi) is 8.81. The van der Waals surface area contributed by atoms with Gasteiger partial charge in [0.1, 0.15) is 5.82 Å². The molecule has 0 aliphatic heterocycles. The summed E-state index contributed by atoms with van der Waals surface area (Å²) < 4.78 is 20.7. The van der Waals surface area contributed by atoms with E-state index in [9.17, 15) is 9.18 Å². The first-order chi connectivity index (χ1) is 18.3. The Labute approximate surface area is 234 Å². The minimum Gasteiger partial charge on any atom is -0.410 e. The lowest BCUT2D eigenvalue weighted by Gasteiger charge is -2.41. The zero-order valence-electron chi connectivity index (χ0n) is 24.6. The fourth-order valence-electron chi connectivity index (χ4n) is 5.38. The molecular formula is C32H44FN3O2Si. The zero-order valence-corrected chi connectivity index (χ0v) is 25.6. The predicted octanol–water partition coefficient (Wildman–Crippen LogP) is 7.85. The average Bonchev–Trinajstić information content (AvgIpc) is 3.51. The van der Waals surface area contributed by atoms with E-state index in [0.717, 1.165) is 42.6 Å². The Morgan fingerprint density at radius 2 is 1.79 bits per heavy atom. The van der Waals surface area contributed by atoms with Gasteiger partial charge in [0.25, 0.3) is 5.91 Å². The average molecular weight is 550 g/mol. The Hall–Kier alpha value is -2.77. The molecule has 1 unspecified atom stereocenters. The largest absolute Gasteiger partial charge is 0.410 e. The normalized spacial score (nSPS) is 18.8. The Morgan fingerprint density at radius 3 is 2.38 bits per heavy atom. The monoisotopic (exact) mass is 549 g/mol. The van der Waals surface area contributed by atoms with Gasteiger partial charge in [-0.2, -0.15) is 5.10 Å². The number of amides is 1. The number of hydrogen-bond acceptors (Lipinski definition) is 3. The van der Waals surface area contributed by atoms with Crippen LogP contribution in [0.1, 0.15) is 79.0 Å². The molecule has 2 aromatic carbocycles. The predicted molar refractivity (Wildman–Crippen MR) is 158 cm³/mol. The van der Waals surface area contributed by atoms with Gasteiger partial charge in [0.15, 0.2) is 8.32 Å². The highest BCUT2D eigenvalue weighted by molar-refractivity contribution is 6.74. The van der Waals surface area contributed by atoms with E-state index in [0.29, 0.717) is 23.9 Å². The number of nitrogens with one attached hydrogen (secondary N) is 1. The third-order valence-corrected chi connectivity index (χ3v) is 13.1. The van der Waals surface area contributed by atoms with E-state index >= 15 is 0 Å². The number of H-pyrrole nitrogens is 1. The molecule has 7 heteroatoms. The summed E-state index contributed by atoms with van der Waals surface area (Å²) in [6.07, 6.45) is 4.32. The summed E-state index contributed by atoms with van der Waals surface area (Å²) in [4.78, 5) is 14.6. The number of hydrogen-bond donors (Lipinski definition) is 1. The van der Waals surface area contributed by atoms with E-state index in [1.807, 2.05) is 44.3 Å². The van der Waals surface area contributed by atoms with Gasteiger partial charge < -0.3 is 9.33 Å². The Bertz CT molecular complexity index is 1250. The second-order valence-corrected chi connectivity index (χ2v) is 17.6. The van der Waals surface area contributed by atoms with Crippen LogP contribution in [-0.4, -0.2) is 36.4 Å². The van der Waals surface area contributed by atoms with Gasteiger partial charge in [-0.05, 0) is 104 Å². The second-order valence-electron chi connectivity index (χ2n) is 12.9. The van der Waals surface area contributed by atoms with E-state index in [-0.39, 0.29) is 22.9 Å². The molecule has 1 aliphatic rings. The van der Waals surface area contributed by atoms with Gasteiger partial charge in [0, 0.05) is 12.6 Å². The van der Waals surface area contributed by atoms with E-state index in [1.165, 1.54) is 5.56 Å². The van der Waals surface area contributed by atoms with Crippen LogP contribution in [0.4, 0.5) is 4.39 Å². The number of rotatable bonds is 9. The number of aromatic amines is 1. The van der Waals surface area contributed by atoms with Crippen LogP contribution in [0.25, 0.3) is 0 Å². The molecule has 0 bridgehead atoms. The topological polar surface area (TPSA) is 58.2 Å². The molecule has 3 aromatic rings. The highest BCUT2D eigenvalue weighted by Gasteiger charge is 2.42. The van der Waals surface area contributed by atoms with Gasteiger partial charge in [-0.3, -0.25) is 9.89 Å². The van der Waals surface area contributed by atoms with Crippen molar-refractivity contribution in [2.45, 2.75) is 84.2 Å². The maximum absolute atomic E-state index is 13.7. The molecule has 1 aromatic heterocycles. The molecule has 4 rings (SSSR count). The molecular weight excluding hydrogens is 505 g/mol. The van der Waals surface area contributed by atoms with Crippen LogP contribution >= 0.6 is 0 Å². The maximum atomic E-state index is 13.7. The van der Waals surface area contributed by atoms with Crippen LogP contribution in [0.15, 0.2) is 54.6 Å². The molecule has 210 valence electrons.